The largest absolute Gasteiger partial charge is 0.410 e. The van der Waals surface area contributed by atoms with E-state index in [4.69, 9.17) is 9.32 Å². The zero-order valence-corrected chi connectivity index (χ0v) is 13.6. The van der Waals surface area contributed by atoms with Crippen LogP contribution < -0.4 is 9.32 Å². The van der Waals surface area contributed by atoms with Crippen molar-refractivity contribution in [2.45, 2.75) is 57.8 Å². The second kappa shape index (κ2) is 5.20. The topological polar surface area (TPSA) is 35.2 Å². The number of aryl methyl sites for hydroxylation is 1. The van der Waals surface area contributed by atoms with Gasteiger partial charge < -0.3 is 4.18 Å². The number of fused-ring (bicyclic) bond motifs is 5. The van der Waals surface area contributed by atoms with Crippen LogP contribution in [0.4, 0.5) is 0 Å². The molecular formula is C18H25NOS. The molecule has 0 aliphatic heterocycles. The van der Waals surface area contributed by atoms with Crippen LogP contribution in [-0.4, -0.2) is 0 Å². The molecule has 4 unspecified atom stereocenters. The average molecular weight is 303 g/mol. The Morgan fingerprint density at radius 2 is 2.14 bits per heavy atom. The van der Waals surface area contributed by atoms with Crippen LogP contribution in [0.2, 0.25) is 0 Å². The standard InChI is InChI=1S/C18H25NOS/c1-18-9-2-3-17(18)16-6-4-12-11-13(20-21-19)5-7-14(12)15(16)8-10-18/h5,7,11,15-17H,2-4,6,8-10,19H2,1H3. The molecule has 0 bridgehead atoms. The number of nitrogens with two attached hydrogens (primary N) is 1. The molecule has 0 amide bonds. The second-order valence-corrected chi connectivity index (χ2v) is 7.90. The van der Waals surface area contributed by atoms with Gasteiger partial charge in [-0.25, -0.2) is 5.14 Å². The SMILES string of the molecule is CC12CCCC1C1CCc3cc(OSN)ccc3C1CC2. The summed E-state index contributed by atoms with van der Waals surface area (Å²) >= 11 is 0.940. The predicted molar refractivity (Wildman–Crippen MR) is 88.1 cm³/mol. The molecular weight excluding hydrogens is 278 g/mol. The maximum atomic E-state index is 5.41. The highest BCUT2D eigenvalue weighted by Gasteiger charge is 2.50. The highest BCUT2D eigenvalue weighted by Crippen LogP contribution is 2.60. The van der Waals surface area contributed by atoms with E-state index in [0.717, 1.165) is 35.7 Å². The zero-order chi connectivity index (χ0) is 14.4. The van der Waals surface area contributed by atoms with E-state index >= 15 is 0 Å². The lowest BCUT2D eigenvalue weighted by atomic mass is 9.56. The third kappa shape index (κ3) is 2.20. The molecule has 0 aromatic heterocycles. The van der Waals surface area contributed by atoms with E-state index in [1.807, 2.05) is 0 Å². The summed E-state index contributed by atoms with van der Waals surface area (Å²) in [4.78, 5) is 0. The first-order chi connectivity index (χ1) is 10.2. The maximum Gasteiger partial charge on any atom is 0.140 e. The molecule has 0 spiro atoms. The molecule has 4 atom stereocenters. The Morgan fingerprint density at radius 1 is 1.24 bits per heavy atom. The molecule has 21 heavy (non-hydrogen) atoms. The molecule has 0 heterocycles. The summed E-state index contributed by atoms with van der Waals surface area (Å²) in [5, 5.41) is 5.41. The summed E-state index contributed by atoms with van der Waals surface area (Å²) in [5.41, 5.74) is 3.76. The summed E-state index contributed by atoms with van der Waals surface area (Å²) in [5.74, 6) is 3.60. The minimum Gasteiger partial charge on any atom is -0.410 e. The fourth-order valence-electron chi connectivity index (χ4n) is 5.66. The Kier molecular flexibility index (Phi) is 3.46. The number of rotatable bonds is 2. The van der Waals surface area contributed by atoms with Crippen LogP contribution in [0.15, 0.2) is 18.2 Å². The molecule has 3 aliphatic carbocycles. The molecule has 1 aromatic carbocycles. The number of hydrogen-bond acceptors (Lipinski definition) is 3. The molecule has 4 rings (SSSR count). The molecule has 0 radical (unpaired) electrons. The molecule has 3 aliphatic rings. The third-order valence-electron chi connectivity index (χ3n) is 6.62. The van der Waals surface area contributed by atoms with Gasteiger partial charge in [0.2, 0.25) is 0 Å². The van der Waals surface area contributed by atoms with Crippen molar-refractivity contribution in [3.05, 3.63) is 29.3 Å². The highest BCUT2D eigenvalue weighted by molar-refractivity contribution is 7.92. The van der Waals surface area contributed by atoms with Gasteiger partial charge in [-0.05, 0) is 85.0 Å². The van der Waals surface area contributed by atoms with E-state index in [0.29, 0.717) is 5.41 Å². The summed E-state index contributed by atoms with van der Waals surface area (Å²) in [7, 11) is 0. The van der Waals surface area contributed by atoms with Gasteiger partial charge in [0, 0.05) is 0 Å². The fraction of sp³-hybridized carbons (Fsp3) is 0.667. The first-order valence-electron chi connectivity index (χ1n) is 8.37. The monoisotopic (exact) mass is 303 g/mol. The van der Waals surface area contributed by atoms with E-state index in [1.54, 1.807) is 5.56 Å². The molecule has 2 nitrogen and oxygen atoms in total. The summed E-state index contributed by atoms with van der Waals surface area (Å²) < 4.78 is 5.39. The predicted octanol–water partition coefficient (Wildman–Crippen LogP) is 4.83. The number of benzene rings is 1. The van der Waals surface area contributed by atoms with Crippen molar-refractivity contribution in [3.8, 4) is 5.75 Å². The van der Waals surface area contributed by atoms with Crippen LogP contribution in [0.3, 0.4) is 0 Å². The van der Waals surface area contributed by atoms with Gasteiger partial charge in [0.15, 0.2) is 0 Å². The van der Waals surface area contributed by atoms with E-state index in [1.165, 1.54) is 50.5 Å². The number of hydrogen-bond donors (Lipinski definition) is 1. The van der Waals surface area contributed by atoms with Crippen molar-refractivity contribution in [1.29, 1.82) is 0 Å². The Labute approximate surface area is 132 Å². The fourth-order valence-corrected chi connectivity index (χ4v) is 5.87. The Bertz CT molecular complexity index is 546. The minimum absolute atomic E-state index is 0.651. The summed E-state index contributed by atoms with van der Waals surface area (Å²) in [6.45, 7) is 2.56. The average Bonchev–Trinajstić information content (AvgIpc) is 2.89. The molecule has 2 fully saturated rings. The Hall–Kier alpha value is -0.670. The van der Waals surface area contributed by atoms with Crippen LogP contribution in [0, 0.1) is 17.3 Å². The first-order valence-corrected chi connectivity index (χ1v) is 9.18. The normalized spacial score (nSPS) is 37.5. The van der Waals surface area contributed by atoms with Gasteiger partial charge in [-0.2, -0.15) is 0 Å². The maximum absolute atomic E-state index is 5.41. The molecule has 0 saturated heterocycles. The van der Waals surface area contributed by atoms with Gasteiger partial charge in [0.25, 0.3) is 0 Å². The van der Waals surface area contributed by atoms with Crippen LogP contribution in [0.1, 0.15) is 62.5 Å². The van der Waals surface area contributed by atoms with E-state index in [9.17, 15) is 0 Å². The lowest BCUT2D eigenvalue weighted by molar-refractivity contribution is 0.0598. The van der Waals surface area contributed by atoms with Crippen molar-refractivity contribution >= 4 is 12.2 Å². The summed E-state index contributed by atoms with van der Waals surface area (Å²) in [6.07, 6.45) is 9.79. The van der Waals surface area contributed by atoms with Gasteiger partial charge in [-0.15, -0.1) is 0 Å². The van der Waals surface area contributed by atoms with Crippen LogP contribution in [0.5, 0.6) is 5.75 Å². The van der Waals surface area contributed by atoms with E-state index in [-0.39, 0.29) is 0 Å². The highest BCUT2D eigenvalue weighted by atomic mass is 32.2. The van der Waals surface area contributed by atoms with Crippen molar-refractivity contribution in [2.75, 3.05) is 0 Å². The molecule has 2 saturated carbocycles. The molecule has 2 N–H and O–H groups in total. The van der Waals surface area contributed by atoms with Gasteiger partial charge in [0.1, 0.15) is 18.0 Å². The van der Waals surface area contributed by atoms with Crippen molar-refractivity contribution in [1.82, 2.24) is 0 Å². The molecule has 3 heteroatoms. The quantitative estimate of drug-likeness (QED) is 0.627. The van der Waals surface area contributed by atoms with Crippen molar-refractivity contribution in [2.24, 2.45) is 22.4 Å². The van der Waals surface area contributed by atoms with Crippen molar-refractivity contribution < 1.29 is 4.18 Å². The van der Waals surface area contributed by atoms with Crippen LogP contribution >= 0.6 is 12.2 Å². The summed E-state index contributed by atoms with van der Waals surface area (Å²) in [6, 6.07) is 6.63. The van der Waals surface area contributed by atoms with Gasteiger partial charge >= 0.3 is 0 Å². The lowest BCUT2D eigenvalue weighted by Gasteiger charge is -2.49. The Balaban J connectivity index is 1.65. The Morgan fingerprint density at radius 3 is 3.00 bits per heavy atom. The van der Waals surface area contributed by atoms with Crippen LogP contribution in [-0.2, 0) is 6.42 Å². The first kappa shape index (κ1) is 14.0. The van der Waals surface area contributed by atoms with Gasteiger partial charge in [-0.1, -0.05) is 19.4 Å². The van der Waals surface area contributed by atoms with Crippen molar-refractivity contribution in [3.63, 3.8) is 0 Å². The molecule has 1 aromatic rings. The zero-order valence-electron chi connectivity index (χ0n) is 12.8. The third-order valence-corrected chi connectivity index (χ3v) is 6.91. The van der Waals surface area contributed by atoms with Crippen LogP contribution in [0.25, 0.3) is 0 Å². The molecule has 114 valence electrons. The van der Waals surface area contributed by atoms with E-state index in [2.05, 4.69) is 25.1 Å². The van der Waals surface area contributed by atoms with E-state index < -0.39 is 0 Å². The van der Waals surface area contributed by atoms with Gasteiger partial charge in [-0.3, -0.25) is 0 Å². The lowest BCUT2D eigenvalue weighted by Crippen LogP contribution is -2.39. The smallest absolute Gasteiger partial charge is 0.140 e. The second-order valence-electron chi connectivity index (χ2n) is 7.54. The minimum atomic E-state index is 0.651. The van der Waals surface area contributed by atoms with Gasteiger partial charge in [0.05, 0.1) is 0 Å².